The summed E-state index contributed by atoms with van der Waals surface area (Å²) in [6.45, 7) is 0. The first kappa shape index (κ1) is 11.4. The molecule has 0 atom stereocenters. The van der Waals surface area contributed by atoms with Crippen LogP contribution in [0.25, 0.3) is 5.65 Å². The lowest BCUT2D eigenvalue weighted by molar-refractivity contribution is -0.137. The number of alkyl halides is 3. The predicted octanol–water partition coefficient (Wildman–Crippen LogP) is 2.81. The Morgan fingerprint density at radius 3 is 2.67 bits per heavy atom. The lowest BCUT2D eigenvalue weighted by atomic mass is 10.0. The molecule has 2 heterocycles. The van der Waals surface area contributed by atoms with E-state index in [0.717, 1.165) is 49.3 Å². The van der Waals surface area contributed by atoms with Crippen LogP contribution in [0.5, 0.6) is 0 Å². The lowest BCUT2D eigenvalue weighted by Crippen LogP contribution is -2.09. The van der Waals surface area contributed by atoms with Gasteiger partial charge in [0.25, 0.3) is 0 Å². The fourth-order valence-electron chi connectivity index (χ4n) is 2.47. The minimum atomic E-state index is -4.38. The van der Waals surface area contributed by atoms with Crippen LogP contribution in [0.15, 0.2) is 12.3 Å². The van der Waals surface area contributed by atoms with Gasteiger partial charge in [0.15, 0.2) is 5.65 Å². The minimum Gasteiger partial charge on any atom is -0.396 e. The fraction of sp³-hybridized carbons (Fsp3) is 0.417. The van der Waals surface area contributed by atoms with Gasteiger partial charge in [0.05, 0.1) is 16.9 Å². The van der Waals surface area contributed by atoms with Gasteiger partial charge >= 0.3 is 6.18 Å². The van der Waals surface area contributed by atoms with E-state index in [-0.39, 0.29) is 5.69 Å². The summed E-state index contributed by atoms with van der Waals surface area (Å²) in [4.78, 5) is 4.35. The second-order valence-electron chi connectivity index (χ2n) is 4.59. The number of nitrogens with zero attached hydrogens (tertiary/aromatic N) is 2. The summed E-state index contributed by atoms with van der Waals surface area (Å²) in [5.41, 5.74) is 7.23. The zero-order chi connectivity index (χ0) is 12.9. The van der Waals surface area contributed by atoms with Crippen LogP contribution in [-0.4, -0.2) is 9.38 Å². The first-order valence-corrected chi connectivity index (χ1v) is 5.83. The molecule has 0 amide bonds. The molecular formula is C12H12F3N3. The highest BCUT2D eigenvalue weighted by molar-refractivity contribution is 5.67. The van der Waals surface area contributed by atoms with Crippen molar-refractivity contribution in [1.29, 1.82) is 0 Å². The van der Waals surface area contributed by atoms with Crippen LogP contribution in [0.2, 0.25) is 0 Å². The van der Waals surface area contributed by atoms with Crippen molar-refractivity contribution in [3.05, 3.63) is 29.2 Å². The highest BCUT2D eigenvalue weighted by atomic mass is 19.4. The quantitative estimate of drug-likeness (QED) is 0.786. The number of hydrogen-bond acceptors (Lipinski definition) is 2. The molecule has 0 aliphatic heterocycles. The van der Waals surface area contributed by atoms with Crippen molar-refractivity contribution in [3.8, 4) is 0 Å². The second-order valence-corrected chi connectivity index (χ2v) is 4.59. The number of aromatic nitrogens is 2. The number of anilines is 1. The Morgan fingerprint density at radius 1 is 1.22 bits per heavy atom. The third-order valence-electron chi connectivity index (χ3n) is 3.33. The van der Waals surface area contributed by atoms with Gasteiger partial charge < -0.3 is 10.1 Å². The SMILES string of the molecule is Nc1cc(C(F)(F)F)cn2c3c(nc12)CCCC3. The third kappa shape index (κ3) is 1.63. The summed E-state index contributed by atoms with van der Waals surface area (Å²) in [5, 5.41) is 0. The molecule has 2 aromatic heterocycles. The Bertz CT molecular complexity index is 613. The second kappa shape index (κ2) is 3.63. The van der Waals surface area contributed by atoms with E-state index in [9.17, 15) is 13.2 Å². The summed E-state index contributed by atoms with van der Waals surface area (Å²) in [5.74, 6) is 0. The standard InChI is InChI=1S/C12H12F3N3/c13-12(14,15)7-5-8(16)11-17-9-3-1-2-4-10(9)18(11)6-7/h5-6H,1-4,16H2. The van der Waals surface area contributed by atoms with Crippen molar-refractivity contribution in [2.45, 2.75) is 31.9 Å². The fourth-order valence-corrected chi connectivity index (χ4v) is 2.47. The first-order chi connectivity index (χ1) is 8.47. The maximum absolute atomic E-state index is 12.7. The third-order valence-corrected chi connectivity index (χ3v) is 3.33. The van der Waals surface area contributed by atoms with E-state index >= 15 is 0 Å². The van der Waals surface area contributed by atoms with Crippen molar-refractivity contribution < 1.29 is 13.2 Å². The van der Waals surface area contributed by atoms with Crippen LogP contribution < -0.4 is 5.73 Å². The van der Waals surface area contributed by atoms with Crippen LogP contribution in [0.1, 0.15) is 29.8 Å². The van der Waals surface area contributed by atoms with Gasteiger partial charge in [-0.3, -0.25) is 0 Å². The molecule has 0 fully saturated rings. The average Bonchev–Trinajstić information content (AvgIpc) is 2.67. The van der Waals surface area contributed by atoms with Gasteiger partial charge in [-0.05, 0) is 31.7 Å². The molecule has 6 heteroatoms. The van der Waals surface area contributed by atoms with Crippen LogP contribution in [0.4, 0.5) is 18.9 Å². The smallest absolute Gasteiger partial charge is 0.396 e. The highest BCUT2D eigenvalue weighted by Gasteiger charge is 2.32. The molecule has 0 saturated carbocycles. The molecule has 3 rings (SSSR count). The highest BCUT2D eigenvalue weighted by Crippen LogP contribution is 2.33. The molecule has 0 radical (unpaired) electrons. The number of rotatable bonds is 0. The number of fused-ring (bicyclic) bond motifs is 3. The molecule has 96 valence electrons. The van der Waals surface area contributed by atoms with Gasteiger partial charge in [0, 0.05) is 11.9 Å². The van der Waals surface area contributed by atoms with Crippen LogP contribution >= 0.6 is 0 Å². The number of halogens is 3. The Kier molecular flexibility index (Phi) is 2.30. The van der Waals surface area contributed by atoms with Crippen molar-refractivity contribution >= 4 is 11.3 Å². The zero-order valence-electron chi connectivity index (χ0n) is 9.59. The van der Waals surface area contributed by atoms with Gasteiger partial charge in [0.2, 0.25) is 0 Å². The first-order valence-electron chi connectivity index (χ1n) is 5.83. The summed E-state index contributed by atoms with van der Waals surface area (Å²) in [7, 11) is 0. The van der Waals surface area contributed by atoms with Crippen molar-refractivity contribution in [3.63, 3.8) is 0 Å². The molecule has 3 nitrogen and oxygen atoms in total. The summed E-state index contributed by atoms with van der Waals surface area (Å²) >= 11 is 0. The van der Waals surface area contributed by atoms with Gasteiger partial charge in [-0.25, -0.2) is 4.98 Å². The molecule has 0 bridgehead atoms. The maximum atomic E-state index is 12.7. The van der Waals surface area contributed by atoms with Gasteiger partial charge in [-0.1, -0.05) is 0 Å². The summed E-state index contributed by atoms with van der Waals surface area (Å²) < 4.78 is 39.7. The van der Waals surface area contributed by atoms with Crippen molar-refractivity contribution in [2.24, 2.45) is 0 Å². The minimum absolute atomic E-state index is 0.0826. The number of aryl methyl sites for hydroxylation is 2. The molecule has 1 aliphatic carbocycles. The van der Waals surface area contributed by atoms with E-state index in [2.05, 4.69) is 4.98 Å². The number of hydrogen-bond donors (Lipinski definition) is 1. The van der Waals surface area contributed by atoms with Gasteiger partial charge in [0.1, 0.15) is 0 Å². The molecule has 18 heavy (non-hydrogen) atoms. The molecule has 1 aliphatic rings. The monoisotopic (exact) mass is 255 g/mol. The Hall–Kier alpha value is -1.72. The molecule has 0 unspecified atom stereocenters. The topological polar surface area (TPSA) is 43.3 Å². The van der Waals surface area contributed by atoms with E-state index in [4.69, 9.17) is 5.73 Å². The summed E-state index contributed by atoms with van der Waals surface area (Å²) in [6, 6.07) is 0.952. The Balaban J connectivity index is 2.28. The number of imidazole rings is 1. The number of pyridine rings is 1. The lowest BCUT2D eigenvalue weighted by Gasteiger charge is -2.12. The normalized spacial score (nSPS) is 15.9. The molecule has 0 saturated heterocycles. The average molecular weight is 255 g/mol. The maximum Gasteiger partial charge on any atom is 0.417 e. The number of nitrogens with two attached hydrogens (primary N) is 1. The molecule has 2 N–H and O–H groups in total. The molecule has 2 aromatic rings. The van der Waals surface area contributed by atoms with Gasteiger partial charge in [-0.15, -0.1) is 0 Å². The number of nitrogen functional groups attached to an aromatic ring is 1. The zero-order valence-corrected chi connectivity index (χ0v) is 9.59. The van der Waals surface area contributed by atoms with E-state index in [0.29, 0.717) is 5.65 Å². The van der Waals surface area contributed by atoms with Crippen LogP contribution in [-0.2, 0) is 19.0 Å². The van der Waals surface area contributed by atoms with E-state index in [1.807, 2.05) is 0 Å². The van der Waals surface area contributed by atoms with E-state index in [1.54, 1.807) is 0 Å². The Labute approximate surface area is 101 Å². The van der Waals surface area contributed by atoms with Crippen LogP contribution in [0.3, 0.4) is 0 Å². The van der Waals surface area contributed by atoms with E-state index in [1.165, 1.54) is 4.40 Å². The van der Waals surface area contributed by atoms with E-state index < -0.39 is 11.7 Å². The molecular weight excluding hydrogens is 243 g/mol. The summed E-state index contributed by atoms with van der Waals surface area (Å²) in [6.07, 6.45) is 0.311. The largest absolute Gasteiger partial charge is 0.417 e. The molecule has 0 spiro atoms. The van der Waals surface area contributed by atoms with Gasteiger partial charge in [-0.2, -0.15) is 13.2 Å². The Morgan fingerprint density at radius 2 is 1.94 bits per heavy atom. The van der Waals surface area contributed by atoms with Crippen molar-refractivity contribution in [2.75, 3.05) is 5.73 Å². The van der Waals surface area contributed by atoms with Crippen LogP contribution in [0, 0.1) is 0 Å². The van der Waals surface area contributed by atoms with Crippen molar-refractivity contribution in [1.82, 2.24) is 9.38 Å². The molecule has 0 aromatic carbocycles. The predicted molar refractivity (Wildman–Crippen MR) is 61.2 cm³/mol.